The largest absolute Gasteiger partial charge is 0.491 e. The van der Waals surface area contributed by atoms with Crippen LogP contribution in [0.2, 0.25) is 0 Å². The average Bonchev–Trinajstić information content (AvgIpc) is 2.73. The molecule has 0 aliphatic carbocycles. The van der Waals surface area contributed by atoms with Crippen molar-refractivity contribution in [1.29, 1.82) is 0 Å². The van der Waals surface area contributed by atoms with Crippen LogP contribution in [-0.2, 0) is 11.2 Å². The average molecular weight is 374 g/mol. The van der Waals surface area contributed by atoms with Gasteiger partial charge in [-0.3, -0.25) is 4.79 Å². The van der Waals surface area contributed by atoms with Crippen LogP contribution in [0.5, 0.6) is 5.75 Å². The van der Waals surface area contributed by atoms with Gasteiger partial charge in [-0.05, 0) is 49.6 Å². The van der Waals surface area contributed by atoms with E-state index in [9.17, 15) is 4.79 Å². The van der Waals surface area contributed by atoms with Crippen molar-refractivity contribution in [1.82, 2.24) is 0 Å². The van der Waals surface area contributed by atoms with E-state index >= 15 is 0 Å². The number of nitrogens with one attached hydrogen (secondary N) is 2. The summed E-state index contributed by atoms with van der Waals surface area (Å²) in [6.45, 7) is 2.82. The highest BCUT2D eigenvalue weighted by atomic mass is 16.5. The van der Waals surface area contributed by atoms with Gasteiger partial charge in [0.1, 0.15) is 5.75 Å². The molecule has 3 aromatic rings. The number of hydrogen-bond donors (Lipinski definition) is 2. The summed E-state index contributed by atoms with van der Waals surface area (Å²) in [6.07, 6.45) is 1.92. The molecular formula is C24H26N2O2. The highest BCUT2D eigenvalue weighted by Crippen LogP contribution is 2.23. The molecule has 0 heterocycles. The Hall–Kier alpha value is -3.27. The van der Waals surface area contributed by atoms with E-state index in [1.807, 2.05) is 61.5 Å². The van der Waals surface area contributed by atoms with Gasteiger partial charge in [-0.2, -0.15) is 0 Å². The molecule has 0 saturated carbocycles. The summed E-state index contributed by atoms with van der Waals surface area (Å²) < 4.78 is 5.93. The van der Waals surface area contributed by atoms with Gasteiger partial charge in [0.15, 0.2) is 0 Å². The second kappa shape index (κ2) is 10.2. The molecule has 144 valence electrons. The predicted molar refractivity (Wildman–Crippen MR) is 115 cm³/mol. The lowest BCUT2D eigenvalue weighted by Crippen LogP contribution is -2.22. The minimum Gasteiger partial charge on any atom is -0.491 e. The molecule has 4 heteroatoms. The van der Waals surface area contributed by atoms with E-state index in [0.29, 0.717) is 6.61 Å². The maximum atomic E-state index is 12.2. The molecule has 28 heavy (non-hydrogen) atoms. The number of amides is 1. The number of para-hydroxylation sites is 2. The van der Waals surface area contributed by atoms with Crippen molar-refractivity contribution in [3.63, 3.8) is 0 Å². The number of benzene rings is 3. The standard InChI is InChI=1S/C24H26N2O2/c1-19-13-15-21(16-14-19)26-24(27)18-25-22-11-5-6-12-23(22)28-17-7-10-20-8-3-2-4-9-20/h2-6,8-9,11-16,25H,7,10,17-18H2,1H3,(H,26,27). The molecule has 0 aliphatic rings. The third-order valence-corrected chi connectivity index (χ3v) is 4.37. The molecule has 0 aromatic heterocycles. The highest BCUT2D eigenvalue weighted by molar-refractivity contribution is 5.93. The number of ether oxygens (including phenoxy) is 1. The number of carbonyl (C=O) groups is 1. The fraction of sp³-hybridized carbons (Fsp3) is 0.208. The molecule has 0 saturated heterocycles. The third-order valence-electron chi connectivity index (χ3n) is 4.37. The molecule has 4 nitrogen and oxygen atoms in total. The lowest BCUT2D eigenvalue weighted by Gasteiger charge is -2.13. The van der Waals surface area contributed by atoms with Crippen LogP contribution in [0.15, 0.2) is 78.9 Å². The molecule has 0 unspecified atom stereocenters. The van der Waals surface area contributed by atoms with E-state index in [1.54, 1.807) is 0 Å². The van der Waals surface area contributed by atoms with Crippen molar-refractivity contribution < 1.29 is 9.53 Å². The molecule has 0 fully saturated rings. The summed E-state index contributed by atoms with van der Waals surface area (Å²) in [5, 5.41) is 6.05. The van der Waals surface area contributed by atoms with Crippen LogP contribution in [0.4, 0.5) is 11.4 Å². The minimum atomic E-state index is -0.0947. The van der Waals surface area contributed by atoms with Gasteiger partial charge in [0, 0.05) is 5.69 Å². The highest BCUT2D eigenvalue weighted by Gasteiger charge is 2.06. The summed E-state index contributed by atoms with van der Waals surface area (Å²) in [5.41, 5.74) is 4.09. The number of rotatable bonds is 9. The maximum absolute atomic E-state index is 12.2. The smallest absolute Gasteiger partial charge is 0.243 e. The first kappa shape index (κ1) is 19.5. The van der Waals surface area contributed by atoms with Gasteiger partial charge in [0.25, 0.3) is 0 Å². The van der Waals surface area contributed by atoms with E-state index < -0.39 is 0 Å². The minimum absolute atomic E-state index is 0.0947. The Morgan fingerprint density at radius 3 is 2.39 bits per heavy atom. The Bertz CT molecular complexity index is 877. The number of anilines is 2. The second-order valence-corrected chi connectivity index (χ2v) is 6.70. The van der Waals surface area contributed by atoms with E-state index in [2.05, 4.69) is 34.9 Å². The normalized spacial score (nSPS) is 10.3. The quantitative estimate of drug-likeness (QED) is 0.515. The van der Waals surface area contributed by atoms with Gasteiger partial charge in [0.2, 0.25) is 5.91 Å². The van der Waals surface area contributed by atoms with Gasteiger partial charge < -0.3 is 15.4 Å². The summed E-state index contributed by atoms with van der Waals surface area (Å²) in [6, 6.07) is 25.8. The molecule has 0 aliphatic heterocycles. The zero-order chi connectivity index (χ0) is 19.6. The predicted octanol–water partition coefficient (Wildman–Crippen LogP) is 5.06. The van der Waals surface area contributed by atoms with Crippen LogP contribution in [0.25, 0.3) is 0 Å². The fourth-order valence-electron chi connectivity index (χ4n) is 2.86. The Balaban J connectivity index is 1.46. The van der Waals surface area contributed by atoms with Crippen molar-refractivity contribution in [2.24, 2.45) is 0 Å². The van der Waals surface area contributed by atoms with E-state index in [-0.39, 0.29) is 12.5 Å². The fourth-order valence-corrected chi connectivity index (χ4v) is 2.86. The van der Waals surface area contributed by atoms with Crippen molar-refractivity contribution in [2.45, 2.75) is 19.8 Å². The van der Waals surface area contributed by atoms with Gasteiger partial charge in [-0.1, -0.05) is 60.2 Å². The van der Waals surface area contributed by atoms with Crippen molar-refractivity contribution in [2.75, 3.05) is 23.8 Å². The van der Waals surface area contributed by atoms with Gasteiger partial charge >= 0.3 is 0 Å². The van der Waals surface area contributed by atoms with Gasteiger partial charge in [0.05, 0.1) is 18.8 Å². The lowest BCUT2D eigenvalue weighted by molar-refractivity contribution is -0.114. The topological polar surface area (TPSA) is 50.4 Å². The van der Waals surface area contributed by atoms with Crippen LogP contribution >= 0.6 is 0 Å². The first-order valence-electron chi connectivity index (χ1n) is 9.57. The van der Waals surface area contributed by atoms with Crippen molar-refractivity contribution >= 4 is 17.3 Å². The Morgan fingerprint density at radius 2 is 1.61 bits per heavy atom. The lowest BCUT2D eigenvalue weighted by atomic mass is 10.1. The molecule has 0 radical (unpaired) electrons. The zero-order valence-electron chi connectivity index (χ0n) is 16.2. The number of hydrogen-bond acceptors (Lipinski definition) is 3. The summed E-state index contributed by atoms with van der Waals surface area (Å²) in [4.78, 5) is 12.2. The Morgan fingerprint density at radius 1 is 0.893 bits per heavy atom. The molecule has 2 N–H and O–H groups in total. The maximum Gasteiger partial charge on any atom is 0.243 e. The monoisotopic (exact) mass is 374 g/mol. The molecule has 0 atom stereocenters. The van der Waals surface area contributed by atoms with Crippen LogP contribution in [-0.4, -0.2) is 19.1 Å². The second-order valence-electron chi connectivity index (χ2n) is 6.70. The van der Waals surface area contributed by atoms with Gasteiger partial charge in [-0.25, -0.2) is 0 Å². The van der Waals surface area contributed by atoms with E-state index in [4.69, 9.17) is 4.74 Å². The van der Waals surface area contributed by atoms with E-state index in [1.165, 1.54) is 5.56 Å². The van der Waals surface area contributed by atoms with Crippen LogP contribution in [0, 0.1) is 6.92 Å². The number of carbonyl (C=O) groups excluding carboxylic acids is 1. The summed E-state index contributed by atoms with van der Waals surface area (Å²) in [5.74, 6) is 0.668. The molecule has 3 aromatic carbocycles. The van der Waals surface area contributed by atoms with E-state index in [0.717, 1.165) is 35.5 Å². The summed E-state index contributed by atoms with van der Waals surface area (Å²) >= 11 is 0. The first-order chi connectivity index (χ1) is 13.7. The first-order valence-corrected chi connectivity index (χ1v) is 9.57. The van der Waals surface area contributed by atoms with Crippen LogP contribution in [0.1, 0.15) is 17.5 Å². The molecule has 0 spiro atoms. The van der Waals surface area contributed by atoms with Gasteiger partial charge in [-0.15, -0.1) is 0 Å². The molecule has 0 bridgehead atoms. The Kier molecular flexibility index (Phi) is 7.08. The summed E-state index contributed by atoms with van der Waals surface area (Å²) in [7, 11) is 0. The van der Waals surface area contributed by atoms with Crippen LogP contribution in [0.3, 0.4) is 0 Å². The van der Waals surface area contributed by atoms with Crippen molar-refractivity contribution in [3.8, 4) is 5.75 Å². The Labute approximate surface area is 166 Å². The molecule has 3 rings (SSSR count). The molecule has 1 amide bonds. The number of aryl methyl sites for hydroxylation is 2. The van der Waals surface area contributed by atoms with Crippen molar-refractivity contribution in [3.05, 3.63) is 90.0 Å². The zero-order valence-corrected chi connectivity index (χ0v) is 16.2. The molecular weight excluding hydrogens is 348 g/mol. The third kappa shape index (κ3) is 6.16. The SMILES string of the molecule is Cc1ccc(NC(=O)CNc2ccccc2OCCCc2ccccc2)cc1. The van der Waals surface area contributed by atoms with Crippen LogP contribution < -0.4 is 15.4 Å².